The molecule has 0 aromatic heterocycles. The van der Waals surface area contributed by atoms with E-state index in [-0.39, 0.29) is 0 Å². The predicted octanol–water partition coefficient (Wildman–Crippen LogP) is 2.54. The lowest BCUT2D eigenvalue weighted by atomic mass is 10.0. The van der Waals surface area contributed by atoms with Crippen molar-refractivity contribution in [3.05, 3.63) is 23.8 Å². The third-order valence-electron chi connectivity index (χ3n) is 4.82. The van der Waals surface area contributed by atoms with Crippen LogP contribution in [0.2, 0.25) is 0 Å². The molecule has 2 fully saturated rings. The Hall–Kier alpha value is -1.26. The molecular formula is C17H24N2O2. The maximum absolute atomic E-state index is 6.13. The second kappa shape index (κ2) is 5.50. The Balaban J connectivity index is 1.55. The molecule has 3 aliphatic rings. The lowest BCUT2D eigenvalue weighted by molar-refractivity contribution is 0.173. The van der Waals surface area contributed by atoms with Gasteiger partial charge in [0.25, 0.3) is 0 Å². The highest BCUT2D eigenvalue weighted by atomic mass is 16.7. The maximum Gasteiger partial charge on any atom is 0.231 e. The van der Waals surface area contributed by atoms with E-state index in [0.717, 1.165) is 23.3 Å². The molecule has 0 spiro atoms. The molecule has 2 saturated carbocycles. The second-order valence-electron chi connectivity index (χ2n) is 6.70. The monoisotopic (exact) mass is 288 g/mol. The average Bonchev–Trinajstić information content (AvgIpc) is 3.41. The predicted molar refractivity (Wildman–Crippen MR) is 81.4 cm³/mol. The van der Waals surface area contributed by atoms with Gasteiger partial charge in [-0.25, -0.2) is 0 Å². The number of benzene rings is 1. The van der Waals surface area contributed by atoms with Crippen LogP contribution in [0.1, 0.15) is 37.3 Å². The van der Waals surface area contributed by atoms with E-state index in [2.05, 4.69) is 17.0 Å². The first-order valence-corrected chi connectivity index (χ1v) is 8.17. The summed E-state index contributed by atoms with van der Waals surface area (Å²) in [5, 5.41) is 0. The van der Waals surface area contributed by atoms with Crippen molar-refractivity contribution in [2.45, 2.75) is 31.7 Å². The van der Waals surface area contributed by atoms with Gasteiger partial charge in [-0.2, -0.15) is 0 Å². The molecule has 1 aromatic carbocycles. The molecule has 114 valence electrons. The van der Waals surface area contributed by atoms with Gasteiger partial charge in [0.15, 0.2) is 11.5 Å². The molecule has 21 heavy (non-hydrogen) atoms. The summed E-state index contributed by atoms with van der Waals surface area (Å²) in [5.74, 6) is 3.51. The van der Waals surface area contributed by atoms with Crippen molar-refractivity contribution in [1.82, 2.24) is 4.90 Å². The van der Waals surface area contributed by atoms with Gasteiger partial charge in [-0.1, -0.05) is 6.07 Å². The van der Waals surface area contributed by atoms with E-state index in [1.165, 1.54) is 44.3 Å². The number of hydrogen-bond donors (Lipinski definition) is 1. The molecule has 4 nitrogen and oxygen atoms in total. The molecule has 0 saturated heterocycles. The minimum atomic E-state index is 0.306. The Kier molecular flexibility index (Phi) is 3.51. The van der Waals surface area contributed by atoms with E-state index in [1.54, 1.807) is 0 Å². The molecule has 0 bridgehead atoms. The second-order valence-corrected chi connectivity index (χ2v) is 6.70. The van der Waals surface area contributed by atoms with Crippen LogP contribution in [0.3, 0.4) is 0 Å². The molecule has 2 aliphatic carbocycles. The number of nitrogens with zero attached hydrogens (tertiary/aromatic N) is 1. The molecule has 1 aromatic rings. The molecule has 4 rings (SSSR count). The number of nitrogens with two attached hydrogens (primary N) is 1. The van der Waals surface area contributed by atoms with E-state index in [4.69, 9.17) is 15.2 Å². The fraction of sp³-hybridized carbons (Fsp3) is 0.647. The summed E-state index contributed by atoms with van der Waals surface area (Å²) in [5.41, 5.74) is 7.40. The van der Waals surface area contributed by atoms with Crippen molar-refractivity contribution in [2.24, 2.45) is 17.6 Å². The van der Waals surface area contributed by atoms with Gasteiger partial charge >= 0.3 is 0 Å². The average molecular weight is 288 g/mol. The molecule has 0 radical (unpaired) electrons. The zero-order valence-corrected chi connectivity index (χ0v) is 12.5. The number of hydrogen-bond acceptors (Lipinski definition) is 4. The quantitative estimate of drug-likeness (QED) is 0.837. The van der Waals surface area contributed by atoms with Gasteiger partial charge in [0.1, 0.15) is 0 Å². The highest BCUT2D eigenvalue weighted by Crippen LogP contribution is 2.39. The van der Waals surface area contributed by atoms with Crippen molar-refractivity contribution in [3.63, 3.8) is 0 Å². The summed E-state index contributed by atoms with van der Waals surface area (Å²) in [6.07, 6.45) is 5.55. The van der Waals surface area contributed by atoms with Crippen LogP contribution < -0.4 is 15.2 Å². The first-order chi connectivity index (χ1) is 10.3. The molecule has 1 heterocycles. The molecule has 2 N–H and O–H groups in total. The van der Waals surface area contributed by atoms with Crippen LogP contribution in [-0.2, 0) is 0 Å². The minimum Gasteiger partial charge on any atom is -0.454 e. The molecule has 1 atom stereocenters. The first-order valence-electron chi connectivity index (χ1n) is 8.17. The van der Waals surface area contributed by atoms with E-state index >= 15 is 0 Å². The topological polar surface area (TPSA) is 47.7 Å². The van der Waals surface area contributed by atoms with Crippen molar-refractivity contribution < 1.29 is 9.47 Å². The van der Waals surface area contributed by atoms with E-state index < -0.39 is 0 Å². The van der Waals surface area contributed by atoms with Crippen molar-refractivity contribution in [1.29, 1.82) is 0 Å². The fourth-order valence-electron chi connectivity index (χ4n) is 3.21. The van der Waals surface area contributed by atoms with Crippen molar-refractivity contribution >= 4 is 0 Å². The van der Waals surface area contributed by atoms with Gasteiger partial charge in [0, 0.05) is 25.7 Å². The standard InChI is InChI=1S/C17H24N2O2/c18-8-15(14-5-6-16-17(7-14)21-11-20-16)19(9-12-1-2-12)10-13-3-4-13/h5-7,12-13,15H,1-4,8-11,18H2. The zero-order chi connectivity index (χ0) is 14.2. The summed E-state index contributed by atoms with van der Waals surface area (Å²) in [4.78, 5) is 2.62. The SMILES string of the molecule is NCC(c1ccc2c(c1)OCO2)N(CC1CC1)CC1CC1. The maximum atomic E-state index is 6.13. The van der Waals surface area contributed by atoms with Gasteiger partial charge < -0.3 is 15.2 Å². The summed E-state index contributed by atoms with van der Waals surface area (Å²) < 4.78 is 10.9. The molecule has 1 aliphatic heterocycles. The van der Waals surface area contributed by atoms with Crippen LogP contribution in [0, 0.1) is 11.8 Å². The van der Waals surface area contributed by atoms with Crippen molar-refractivity contribution in [3.8, 4) is 11.5 Å². The van der Waals surface area contributed by atoms with Crippen LogP contribution in [-0.4, -0.2) is 31.3 Å². The van der Waals surface area contributed by atoms with Crippen LogP contribution >= 0.6 is 0 Å². The smallest absolute Gasteiger partial charge is 0.231 e. The number of ether oxygens (including phenoxy) is 2. The molecule has 1 unspecified atom stereocenters. The number of rotatable bonds is 7. The van der Waals surface area contributed by atoms with E-state index in [0.29, 0.717) is 19.4 Å². The van der Waals surface area contributed by atoms with E-state index in [1.807, 2.05) is 6.07 Å². The van der Waals surface area contributed by atoms with Crippen LogP contribution in [0.4, 0.5) is 0 Å². The molecule has 0 amide bonds. The Morgan fingerprint density at radius 2 is 1.71 bits per heavy atom. The largest absolute Gasteiger partial charge is 0.454 e. The zero-order valence-electron chi connectivity index (χ0n) is 12.5. The fourth-order valence-corrected chi connectivity index (χ4v) is 3.21. The van der Waals surface area contributed by atoms with Gasteiger partial charge in [-0.05, 0) is 55.2 Å². The van der Waals surface area contributed by atoms with Gasteiger partial charge in [0.05, 0.1) is 0 Å². The third-order valence-corrected chi connectivity index (χ3v) is 4.82. The Morgan fingerprint density at radius 1 is 1.05 bits per heavy atom. The van der Waals surface area contributed by atoms with Gasteiger partial charge in [-0.15, -0.1) is 0 Å². The Labute approximate surface area is 126 Å². The summed E-state index contributed by atoms with van der Waals surface area (Å²) >= 11 is 0. The van der Waals surface area contributed by atoms with Gasteiger partial charge in [-0.3, -0.25) is 4.90 Å². The highest BCUT2D eigenvalue weighted by molar-refractivity contribution is 5.45. The van der Waals surface area contributed by atoms with Crippen molar-refractivity contribution in [2.75, 3.05) is 26.4 Å². The lowest BCUT2D eigenvalue weighted by Gasteiger charge is -2.31. The van der Waals surface area contributed by atoms with E-state index in [9.17, 15) is 0 Å². The van der Waals surface area contributed by atoms with Crippen LogP contribution in [0.25, 0.3) is 0 Å². The Morgan fingerprint density at radius 3 is 2.33 bits per heavy atom. The number of fused-ring (bicyclic) bond motifs is 1. The normalized spacial score (nSPS) is 21.8. The molecule has 4 heteroatoms. The van der Waals surface area contributed by atoms with Gasteiger partial charge in [0.2, 0.25) is 6.79 Å². The summed E-state index contributed by atoms with van der Waals surface area (Å²) in [6.45, 7) is 3.40. The third kappa shape index (κ3) is 3.01. The van der Waals surface area contributed by atoms with Crippen LogP contribution in [0.5, 0.6) is 11.5 Å². The van der Waals surface area contributed by atoms with Crippen LogP contribution in [0.15, 0.2) is 18.2 Å². The first kappa shape index (κ1) is 13.4. The minimum absolute atomic E-state index is 0.306. The Bertz CT molecular complexity index is 498. The summed E-state index contributed by atoms with van der Waals surface area (Å²) in [6, 6.07) is 6.60. The lowest BCUT2D eigenvalue weighted by Crippen LogP contribution is -2.36. The molecular weight excluding hydrogens is 264 g/mol. The highest BCUT2D eigenvalue weighted by Gasteiger charge is 2.33. The summed E-state index contributed by atoms with van der Waals surface area (Å²) in [7, 11) is 0.